The third kappa shape index (κ3) is 5.25. The van der Waals surface area contributed by atoms with Gasteiger partial charge in [-0.3, -0.25) is 0 Å². The van der Waals surface area contributed by atoms with Crippen LogP contribution in [0.25, 0.3) is 11.6 Å². The number of methoxy groups -OCH3 is 1. The Balaban J connectivity index is 1.88. The van der Waals surface area contributed by atoms with Gasteiger partial charge in [0.25, 0.3) is 0 Å². The van der Waals surface area contributed by atoms with E-state index in [1.165, 1.54) is 0 Å². The molecule has 0 aliphatic heterocycles. The van der Waals surface area contributed by atoms with Crippen LogP contribution < -0.4 is 9.47 Å². The van der Waals surface area contributed by atoms with E-state index in [-0.39, 0.29) is 0 Å². The first-order valence-electron chi connectivity index (χ1n) is 8.52. The highest BCUT2D eigenvalue weighted by atomic mass is 79.9. The van der Waals surface area contributed by atoms with E-state index >= 15 is 0 Å². The highest BCUT2D eigenvalue weighted by Gasteiger charge is 2.08. The molecule has 3 aromatic carbocycles. The van der Waals surface area contributed by atoms with E-state index < -0.39 is 0 Å². The van der Waals surface area contributed by atoms with Crippen LogP contribution in [-0.2, 0) is 6.61 Å². The average Bonchev–Trinajstić information content (AvgIpc) is 2.72. The SMILES string of the molecule is COc1ccc(/C(C#N)=C/c2cc(Br)ccc2OCc2ccc(Br)cc2)cc1. The van der Waals surface area contributed by atoms with Gasteiger partial charge in [0.1, 0.15) is 18.1 Å². The molecule has 0 saturated heterocycles. The smallest absolute Gasteiger partial charge is 0.127 e. The molecule has 0 aliphatic carbocycles. The van der Waals surface area contributed by atoms with Crippen molar-refractivity contribution in [1.29, 1.82) is 5.26 Å². The fourth-order valence-corrected chi connectivity index (χ4v) is 3.25. The molecule has 0 amide bonds. The molecule has 0 spiro atoms. The Bertz CT molecular complexity index is 1020. The van der Waals surface area contributed by atoms with Gasteiger partial charge in [-0.2, -0.15) is 5.26 Å². The quantitative estimate of drug-likeness (QED) is 0.275. The van der Waals surface area contributed by atoms with Crippen LogP contribution in [0.15, 0.2) is 75.7 Å². The minimum absolute atomic E-state index is 0.445. The molecule has 28 heavy (non-hydrogen) atoms. The second-order valence-electron chi connectivity index (χ2n) is 6.00. The van der Waals surface area contributed by atoms with Gasteiger partial charge in [0.2, 0.25) is 0 Å². The number of nitriles is 1. The minimum Gasteiger partial charge on any atom is -0.497 e. The maximum Gasteiger partial charge on any atom is 0.127 e. The van der Waals surface area contributed by atoms with Gasteiger partial charge in [-0.05, 0) is 71.8 Å². The molecule has 0 saturated carbocycles. The highest BCUT2D eigenvalue weighted by molar-refractivity contribution is 9.10. The number of hydrogen-bond donors (Lipinski definition) is 0. The molecule has 0 radical (unpaired) electrons. The maximum atomic E-state index is 9.65. The molecule has 0 aromatic heterocycles. The third-order valence-electron chi connectivity index (χ3n) is 4.10. The first-order valence-corrected chi connectivity index (χ1v) is 10.1. The van der Waals surface area contributed by atoms with E-state index in [1.807, 2.05) is 72.8 Å². The van der Waals surface area contributed by atoms with E-state index in [2.05, 4.69) is 37.9 Å². The molecule has 5 heteroatoms. The molecule has 3 rings (SSSR count). The van der Waals surface area contributed by atoms with Crippen LogP contribution in [0.2, 0.25) is 0 Å². The fourth-order valence-electron chi connectivity index (χ4n) is 2.61. The van der Waals surface area contributed by atoms with Crippen LogP contribution in [0.1, 0.15) is 16.7 Å². The summed E-state index contributed by atoms with van der Waals surface area (Å²) in [5.74, 6) is 1.47. The first kappa shape index (κ1) is 20.2. The number of benzene rings is 3. The predicted octanol–water partition coefficient (Wildman–Crippen LogP) is 6.86. The molecule has 140 valence electrons. The molecular formula is C23H17Br2NO2. The zero-order valence-electron chi connectivity index (χ0n) is 15.2. The molecule has 0 aliphatic rings. The molecule has 3 aromatic rings. The van der Waals surface area contributed by atoms with Crippen molar-refractivity contribution < 1.29 is 9.47 Å². The Morgan fingerprint density at radius 2 is 1.64 bits per heavy atom. The van der Waals surface area contributed by atoms with Gasteiger partial charge in [0.15, 0.2) is 0 Å². The Morgan fingerprint density at radius 3 is 2.29 bits per heavy atom. The lowest BCUT2D eigenvalue weighted by Crippen LogP contribution is -1.97. The summed E-state index contributed by atoms with van der Waals surface area (Å²) in [5, 5.41) is 9.65. The molecule has 0 fully saturated rings. The van der Waals surface area contributed by atoms with Gasteiger partial charge in [0, 0.05) is 14.5 Å². The molecule has 0 N–H and O–H groups in total. The molecule has 0 bridgehead atoms. The summed E-state index contributed by atoms with van der Waals surface area (Å²) in [6, 6.07) is 23.5. The maximum absolute atomic E-state index is 9.65. The topological polar surface area (TPSA) is 42.2 Å². The van der Waals surface area contributed by atoms with E-state index in [9.17, 15) is 5.26 Å². The zero-order chi connectivity index (χ0) is 19.9. The second-order valence-corrected chi connectivity index (χ2v) is 7.83. The van der Waals surface area contributed by atoms with Gasteiger partial charge < -0.3 is 9.47 Å². The Hall–Kier alpha value is -2.55. The number of halogens is 2. The van der Waals surface area contributed by atoms with Crippen molar-refractivity contribution in [2.24, 2.45) is 0 Å². The summed E-state index contributed by atoms with van der Waals surface area (Å²) >= 11 is 6.93. The second kappa shape index (κ2) is 9.59. The number of nitrogens with zero attached hydrogens (tertiary/aromatic N) is 1. The van der Waals surface area contributed by atoms with Crippen molar-refractivity contribution in [2.45, 2.75) is 6.61 Å². The van der Waals surface area contributed by atoms with E-state index in [0.717, 1.165) is 31.4 Å². The van der Waals surface area contributed by atoms with Gasteiger partial charge >= 0.3 is 0 Å². The largest absolute Gasteiger partial charge is 0.497 e. The highest BCUT2D eigenvalue weighted by Crippen LogP contribution is 2.29. The molecule has 0 heterocycles. The summed E-state index contributed by atoms with van der Waals surface area (Å²) in [6.07, 6.45) is 1.84. The van der Waals surface area contributed by atoms with Crippen LogP contribution in [0.3, 0.4) is 0 Å². The van der Waals surface area contributed by atoms with Gasteiger partial charge in [-0.15, -0.1) is 0 Å². The van der Waals surface area contributed by atoms with Crippen molar-refractivity contribution in [2.75, 3.05) is 7.11 Å². The van der Waals surface area contributed by atoms with Crippen molar-refractivity contribution in [3.8, 4) is 17.6 Å². The van der Waals surface area contributed by atoms with Crippen LogP contribution in [-0.4, -0.2) is 7.11 Å². The van der Waals surface area contributed by atoms with Gasteiger partial charge in [-0.25, -0.2) is 0 Å². The number of rotatable bonds is 6. The summed E-state index contributed by atoms with van der Waals surface area (Å²) in [6.45, 7) is 0.445. The molecule has 0 unspecified atom stereocenters. The molecule has 3 nitrogen and oxygen atoms in total. The minimum atomic E-state index is 0.445. The standard InChI is InChI=1S/C23H17Br2NO2/c1-27-22-9-4-17(5-10-22)19(14-26)12-18-13-21(25)8-11-23(18)28-15-16-2-6-20(24)7-3-16/h2-13H,15H2,1H3/b19-12+. The summed E-state index contributed by atoms with van der Waals surface area (Å²) in [5.41, 5.74) is 3.27. The van der Waals surface area contributed by atoms with Crippen molar-refractivity contribution >= 4 is 43.5 Å². The van der Waals surface area contributed by atoms with Gasteiger partial charge in [0.05, 0.1) is 18.8 Å². The van der Waals surface area contributed by atoms with E-state index in [1.54, 1.807) is 7.11 Å². The number of hydrogen-bond acceptors (Lipinski definition) is 3. The van der Waals surface area contributed by atoms with Crippen molar-refractivity contribution in [3.63, 3.8) is 0 Å². The lowest BCUT2D eigenvalue weighted by atomic mass is 10.0. The molecular weight excluding hydrogens is 482 g/mol. The molecule has 0 atom stereocenters. The third-order valence-corrected chi connectivity index (χ3v) is 5.12. The van der Waals surface area contributed by atoms with Crippen LogP contribution in [0.4, 0.5) is 0 Å². The number of allylic oxidation sites excluding steroid dienone is 1. The monoisotopic (exact) mass is 497 g/mol. The van der Waals surface area contributed by atoms with Crippen molar-refractivity contribution in [3.05, 3.63) is 92.4 Å². The Morgan fingerprint density at radius 1 is 0.964 bits per heavy atom. The van der Waals surface area contributed by atoms with Crippen molar-refractivity contribution in [1.82, 2.24) is 0 Å². The summed E-state index contributed by atoms with van der Waals surface area (Å²) in [7, 11) is 1.62. The fraction of sp³-hybridized carbons (Fsp3) is 0.0870. The van der Waals surface area contributed by atoms with Crippen LogP contribution in [0, 0.1) is 11.3 Å². The van der Waals surface area contributed by atoms with Crippen LogP contribution in [0.5, 0.6) is 11.5 Å². The lowest BCUT2D eigenvalue weighted by Gasteiger charge is -2.11. The average molecular weight is 499 g/mol. The Kier molecular flexibility index (Phi) is 6.91. The zero-order valence-corrected chi connectivity index (χ0v) is 18.3. The van der Waals surface area contributed by atoms with Crippen LogP contribution >= 0.6 is 31.9 Å². The van der Waals surface area contributed by atoms with E-state index in [0.29, 0.717) is 17.9 Å². The Labute approximate surface area is 181 Å². The summed E-state index contributed by atoms with van der Waals surface area (Å²) < 4.78 is 13.2. The van der Waals surface area contributed by atoms with E-state index in [4.69, 9.17) is 9.47 Å². The predicted molar refractivity (Wildman–Crippen MR) is 119 cm³/mol. The normalized spacial score (nSPS) is 11.0. The number of ether oxygens (including phenoxy) is 2. The first-order chi connectivity index (χ1) is 13.6. The van der Waals surface area contributed by atoms with Gasteiger partial charge in [-0.1, -0.05) is 44.0 Å². The lowest BCUT2D eigenvalue weighted by molar-refractivity contribution is 0.305. The summed E-state index contributed by atoms with van der Waals surface area (Å²) in [4.78, 5) is 0.